The van der Waals surface area contributed by atoms with E-state index in [-0.39, 0.29) is 22.6 Å². The number of carbonyl (C=O) groups excluding carboxylic acids is 1. The highest BCUT2D eigenvalue weighted by Gasteiger charge is 2.63. The topological polar surface area (TPSA) is 72.6 Å². The lowest BCUT2D eigenvalue weighted by atomic mass is 10.0. The summed E-state index contributed by atoms with van der Waals surface area (Å²) < 4.78 is 61.8. The van der Waals surface area contributed by atoms with Crippen molar-refractivity contribution in [1.29, 1.82) is 0 Å². The van der Waals surface area contributed by atoms with Crippen LogP contribution in [0.25, 0.3) is 0 Å². The molecule has 1 saturated heterocycles. The lowest BCUT2D eigenvalue weighted by Crippen LogP contribution is -2.35. The number of aromatic nitrogens is 1. The maximum absolute atomic E-state index is 13.4. The summed E-state index contributed by atoms with van der Waals surface area (Å²) in [6.07, 6.45) is -0.461. The van der Waals surface area contributed by atoms with Crippen LogP contribution in [-0.4, -0.2) is 51.6 Å². The predicted octanol–water partition coefficient (Wildman–Crippen LogP) is 4.03. The molecule has 10 heteroatoms. The Labute approximate surface area is 185 Å². The summed E-state index contributed by atoms with van der Waals surface area (Å²) in [7, 11) is -1.40. The molecule has 2 saturated carbocycles. The van der Waals surface area contributed by atoms with Crippen molar-refractivity contribution < 1.29 is 31.3 Å². The van der Waals surface area contributed by atoms with E-state index in [1.54, 1.807) is 11.2 Å². The van der Waals surface area contributed by atoms with Gasteiger partial charge in [0, 0.05) is 46.4 Å². The van der Waals surface area contributed by atoms with E-state index in [9.17, 15) is 22.2 Å². The molecule has 6 nitrogen and oxygen atoms in total. The molecule has 2 aliphatic carbocycles. The number of likely N-dealkylation sites (tertiary alicyclic amines) is 1. The summed E-state index contributed by atoms with van der Waals surface area (Å²) in [5.41, 5.74) is 0.590. The fourth-order valence-electron chi connectivity index (χ4n) is 4.45. The van der Waals surface area contributed by atoms with Crippen molar-refractivity contribution in [3.8, 4) is 5.75 Å². The number of fused-ring (bicyclic) bond motifs is 1. The number of hydrogen-bond acceptors (Lipinski definition) is 5. The van der Waals surface area contributed by atoms with Gasteiger partial charge in [0.1, 0.15) is 12.0 Å². The summed E-state index contributed by atoms with van der Waals surface area (Å²) in [5, 5.41) is 0. The first-order valence-corrected chi connectivity index (χ1v) is 12.1. The van der Waals surface area contributed by atoms with Gasteiger partial charge in [-0.1, -0.05) is 0 Å². The number of ether oxygens (including phenoxy) is 1. The number of carbonyl (C=O) groups is 1. The van der Waals surface area contributed by atoms with Gasteiger partial charge < -0.3 is 14.1 Å². The van der Waals surface area contributed by atoms with E-state index < -0.39 is 29.0 Å². The van der Waals surface area contributed by atoms with Gasteiger partial charge in [-0.25, -0.2) is 4.98 Å². The number of hydrogen-bond donors (Lipinski definition) is 0. The van der Waals surface area contributed by atoms with Crippen LogP contribution in [0.5, 0.6) is 5.75 Å². The van der Waals surface area contributed by atoms with E-state index in [2.05, 4.69) is 4.98 Å². The normalized spacial score (nSPS) is 26.5. The van der Waals surface area contributed by atoms with E-state index in [1.807, 2.05) is 0 Å². The summed E-state index contributed by atoms with van der Waals surface area (Å²) in [6, 6.07) is 4.08. The van der Waals surface area contributed by atoms with Crippen molar-refractivity contribution in [2.45, 2.75) is 54.7 Å². The molecule has 0 N–H and O–H groups in total. The highest BCUT2D eigenvalue weighted by Crippen LogP contribution is 2.59. The molecule has 1 aromatic heterocycles. The molecule has 1 aliphatic heterocycles. The molecule has 2 heterocycles. The largest absolute Gasteiger partial charge is 0.480 e. The first-order chi connectivity index (χ1) is 15.1. The van der Waals surface area contributed by atoms with Gasteiger partial charge in [0.2, 0.25) is 0 Å². The fraction of sp³-hybridized carbons (Fsp3) is 0.545. The van der Waals surface area contributed by atoms with Crippen LogP contribution in [-0.2, 0) is 16.2 Å². The molecule has 4 unspecified atom stereocenters. The van der Waals surface area contributed by atoms with Gasteiger partial charge in [-0.05, 0) is 50.3 Å². The van der Waals surface area contributed by atoms with Crippen LogP contribution in [0, 0.1) is 5.92 Å². The average Bonchev–Trinajstić information content (AvgIpc) is 3.62. The van der Waals surface area contributed by atoms with Crippen LogP contribution in [0.1, 0.15) is 54.0 Å². The number of benzene rings is 1. The van der Waals surface area contributed by atoms with Gasteiger partial charge in [0.05, 0.1) is 11.3 Å². The fourth-order valence-corrected chi connectivity index (χ4v) is 5.00. The van der Waals surface area contributed by atoms with Gasteiger partial charge in [0.25, 0.3) is 5.91 Å². The van der Waals surface area contributed by atoms with E-state index in [1.165, 1.54) is 24.5 Å². The van der Waals surface area contributed by atoms with Gasteiger partial charge in [0.15, 0.2) is 12.0 Å². The third-order valence-electron chi connectivity index (χ3n) is 6.67. The zero-order valence-corrected chi connectivity index (χ0v) is 18.5. The van der Waals surface area contributed by atoms with E-state index >= 15 is 0 Å². The van der Waals surface area contributed by atoms with Crippen molar-refractivity contribution in [3.63, 3.8) is 0 Å². The Morgan fingerprint density at radius 1 is 1.38 bits per heavy atom. The lowest BCUT2D eigenvalue weighted by Gasteiger charge is -2.24. The minimum atomic E-state index is -4.57. The van der Waals surface area contributed by atoms with Crippen LogP contribution >= 0.6 is 0 Å². The monoisotopic (exact) mass is 468 g/mol. The van der Waals surface area contributed by atoms with E-state index in [4.69, 9.17) is 9.15 Å². The third kappa shape index (κ3) is 3.72. The molecule has 3 aliphatic rings. The number of alkyl halides is 3. The molecule has 2 aromatic rings. The zero-order valence-electron chi connectivity index (χ0n) is 17.6. The number of rotatable bonds is 6. The Kier molecular flexibility index (Phi) is 4.92. The van der Waals surface area contributed by atoms with Crippen molar-refractivity contribution in [2.24, 2.45) is 5.92 Å². The quantitative estimate of drug-likeness (QED) is 0.640. The molecule has 172 valence electrons. The smallest absolute Gasteiger partial charge is 0.425 e. The number of amides is 1. The predicted molar refractivity (Wildman–Crippen MR) is 109 cm³/mol. The maximum atomic E-state index is 13.4. The Bertz CT molecular complexity index is 1100. The van der Waals surface area contributed by atoms with Gasteiger partial charge in [-0.2, -0.15) is 13.2 Å². The summed E-state index contributed by atoms with van der Waals surface area (Å²) in [5.74, 6) is 0.787. The van der Waals surface area contributed by atoms with Gasteiger partial charge in [-0.15, -0.1) is 0 Å². The van der Waals surface area contributed by atoms with E-state index in [0.29, 0.717) is 23.9 Å². The molecule has 32 heavy (non-hydrogen) atoms. The molecular formula is C22H23F3N2O4S. The number of halogens is 3. The van der Waals surface area contributed by atoms with Crippen molar-refractivity contribution in [2.75, 3.05) is 19.3 Å². The maximum Gasteiger partial charge on any atom is 0.425 e. The highest BCUT2D eigenvalue weighted by atomic mass is 32.2. The second kappa shape index (κ2) is 7.33. The molecular weight excluding hydrogens is 445 g/mol. The Morgan fingerprint density at radius 3 is 2.78 bits per heavy atom. The molecule has 1 amide bonds. The van der Waals surface area contributed by atoms with Crippen LogP contribution < -0.4 is 4.74 Å². The zero-order chi connectivity index (χ0) is 22.8. The van der Waals surface area contributed by atoms with Crippen molar-refractivity contribution in [1.82, 2.24) is 9.88 Å². The standard InChI is InChI=1S/C22H23F3N2O4S/c1-12(22(23,24)25)31-17-6-5-15(32(2)29)7-16(17)20(28)27-9-14-8-21(14,11-27)18-10-30-19(26-18)13-3-4-13/h5-7,10,12-14H,3-4,8-9,11H2,1-2H3. The first kappa shape index (κ1) is 21.5. The SMILES string of the molecule is CC(Oc1ccc(S(C)=O)cc1C(=O)N1CC2CC2(c2coc(C3CC3)n2)C1)C(F)(F)F. The van der Waals surface area contributed by atoms with Crippen molar-refractivity contribution in [3.05, 3.63) is 41.6 Å². The molecule has 0 bridgehead atoms. The summed E-state index contributed by atoms with van der Waals surface area (Å²) in [6.45, 7) is 1.79. The minimum absolute atomic E-state index is 0.0101. The molecule has 1 aromatic carbocycles. The summed E-state index contributed by atoms with van der Waals surface area (Å²) in [4.78, 5) is 20.0. The van der Waals surface area contributed by atoms with Crippen LogP contribution in [0.4, 0.5) is 13.2 Å². The third-order valence-corrected chi connectivity index (χ3v) is 7.59. The summed E-state index contributed by atoms with van der Waals surface area (Å²) >= 11 is 0. The number of nitrogens with zero attached hydrogens (tertiary/aromatic N) is 2. The van der Waals surface area contributed by atoms with Crippen LogP contribution in [0.15, 0.2) is 33.8 Å². The Balaban J connectivity index is 1.40. The molecule has 0 radical (unpaired) electrons. The Hall–Kier alpha value is -2.36. The van der Waals surface area contributed by atoms with Crippen LogP contribution in [0.3, 0.4) is 0 Å². The lowest BCUT2D eigenvalue weighted by molar-refractivity contribution is -0.189. The van der Waals surface area contributed by atoms with Gasteiger partial charge >= 0.3 is 6.18 Å². The number of piperidine rings is 1. The van der Waals surface area contributed by atoms with Crippen LogP contribution in [0.2, 0.25) is 0 Å². The average molecular weight is 468 g/mol. The van der Waals surface area contributed by atoms with E-state index in [0.717, 1.165) is 37.8 Å². The highest BCUT2D eigenvalue weighted by molar-refractivity contribution is 7.84. The molecule has 3 fully saturated rings. The number of oxazole rings is 1. The van der Waals surface area contributed by atoms with Gasteiger partial charge in [-0.3, -0.25) is 9.00 Å². The second-order valence-corrected chi connectivity index (χ2v) is 10.4. The first-order valence-electron chi connectivity index (χ1n) is 10.5. The molecule has 4 atom stereocenters. The minimum Gasteiger partial charge on any atom is -0.480 e. The Morgan fingerprint density at radius 2 is 2.12 bits per heavy atom. The molecule has 0 spiro atoms. The molecule has 5 rings (SSSR count). The van der Waals surface area contributed by atoms with Crippen molar-refractivity contribution >= 4 is 16.7 Å². The second-order valence-electron chi connectivity index (χ2n) is 9.00.